The molecule has 1 aliphatic carbocycles. The highest BCUT2D eigenvalue weighted by molar-refractivity contribution is 5.26. The Morgan fingerprint density at radius 1 is 1.00 bits per heavy atom. The highest BCUT2D eigenvalue weighted by Gasteiger charge is 2.11. The lowest BCUT2D eigenvalue weighted by atomic mass is 10.0. The Bertz CT molecular complexity index is 349. The molecular formula is C17H26O. The molecule has 1 aromatic carbocycles. The Morgan fingerprint density at radius 3 is 2.17 bits per heavy atom. The molecule has 1 unspecified atom stereocenters. The summed E-state index contributed by atoms with van der Waals surface area (Å²) in [6, 6.07) is 9.92. The van der Waals surface area contributed by atoms with E-state index in [2.05, 4.69) is 19.1 Å². The van der Waals surface area contributed by atoms with Gasteiger partial charge in [0.05, 0.1) is 0 Å². The molecule has 0 bridgehead atoms. The predicted molar refractivity (Wildman–Crippen MR) is 80.8 cm³/mol. The standard InChI is InChI=1S/C13H14O.2C2H6/c1-11-7-5-6-10-13(11)14-12-8-3-2-4-9-12;2*1-2/h2-6,8-11H,7H2,1H3;2*1-2H3. The van der Waals surface area contributed by atoms with Crippen LogP contribution >= 0.6 is 0 Å². The highest BCUT2D eigenvalue weighted by atomic mass is 16.5. The second-order valence-electron chi connectivity index (χ2n) is 3.55. The molecule has 1 atom stereocenters. The smallest absolute Gasteiger partial charge is 0.126 e. The molecule has 0 saturated carbocycles. The second kappa shape index (κ2) is 10.6. The molecule has 100 valence electrons. The highest BCUT2D eigenvalue weighted by Crippen LogP contribution is 2.23. The van der Waals surface area contributed by atoms with Gasteiger partial charge in [-0.25, -0.2) is 0 Å². The van der Waals surface area contributed by atoms with Gasteiger partial charge in [0.25, 0.3) is 0 Å². The van der Waals surface area contributed by atoms with Gasteiger partial charge in [-0.3, -0.25) is 0 Å². The van der Waals surface area contributed by atoms with E-state index in [0.717, 1.165) is 17.9 Å². The zero-order chi connectivity index (χ0) is 13.8. The third kappa shape index (κ3) is 5.72. The van der Waals surface area contributed by atoms with Crippen LogP contribution in [0.25, 0.3) is 0 Å². The largest absolute Gasteiger partial charge is 0.461 e. The van der Waals surface area contributed by atoms with Gasteiger partial charge in [-0.1, -0.05) is 65.0 Å². The SMILES string of the molecule is CC.CC.CC1CC=CC=C1Oc1ccccc1. The molecule has 0 spiro atoms. The van der Waals surface area contributed by atoms with Gasteiger partial charge in [-0.05, 0) is 24.6 Å². The number of hydrogen-bond donors (Lipinski definition) is 0. The maximum absolute atomic E-state index is 5.78. The van der Waals surface area contributed by atoms with Gasteiger partial charge in [0.1, 0.15) is 11.5 Å². The van der Waals surface area contributed by atoms with E-state index in [-0.39, 0.29) is 0 Å². The predicted octanol–water partition coefficient (Wildman–Crippen LogP) is 5.60. The lowest BCUT2D eigenvalue weighted by Crippen LogP contribution is -2.07. The minimum Gasteiger partial charge on any atom is -0.461 e. The Hall–Kier alpha value is -1.50. The average Bonchev–Trinajstić information content (AvgIpc) is 2.47. The third-order valence-electron chi connectivity index (χ3n) is 2.35. The molecule has 0 aromatic heterocycles. The van der Waals surface area contributed by atoms with Gasteiger partial charge >= 0.3 is 0 Å². The molecule has 0 radical (unpaired) electrons. The fourth-order valence-electron chi connectivity index (χ4n) is 1.49. The van der Waals surface area contributed by atoms with Crippen molar-refractivity contribution in [3.05, 3.63) is 54.3 Å². The van der Waals surface area contributed by atoms with E-state index in [9.17, 15) is 0 Å². The molecule has 0 saturated heterocycles. The summed E-state index contributed by atoms with van der Waals surface area (Å²) in [6.45, 7) is 10.2. The van der Waals surface area contributed by atoms with Crippen molar-refractivity contribution in [3.63, 3.8) is 0 Å². The van der Waals surface area contributed by atoms with Crippen LogP contribution in [0.5, 0.6) is 5.75 Å². The van der Waals surface area contributed by atoms with Crippen molar-refractivity contribution < 1.29 is 4.74 Å². The first-order valence-corrected chi connectivity index (χ1v) is 6.96. The van der Waals surface area contributed by atoms with Crippen LogP contribution in [0.3, 0.4) is 0 Å². The van der Waals surface area contributed by atoms with Crippen LogP contribution in [0.4, 0.5) is 0 Å². The van der Waals surface area contributed by atoms with Crippen LogP contribution in [0.1, 0.15) is 41.0 Å². The van der Waals surface area contributed by atoms with Crippen molar-refractivity contribution in [1.82, 2.24) is 0 Å². The molecular weight excluding hydrogens is 220 g/mol. The molecule has 1 aliphatic rings. The lowest BCUT2D eigenvalue weighted by molar-refractivity contribution is 0.355. The van der Waals surface area contributed by atoms with Crippen LogP contribution in [0.2, 0.25) is 0 Å². The molecule has 1 heteroatoms. The monoisotopic (exact) mass is 246 g/mol. The van der Waals surface area contributed by atoms with Crippen LogP contribution in [-0.4, -0.2) is 0 Å². The molecule has 0 heterocycles. The van der Waals surface area contributed by atoms with Crippen molar-refractivity contribution in [2.75, 3.05) is 0 Å². The van der Waals surface area contributed by atoms with E-state index in [1.807, 2.05) is 64.1 Å². The Kier molecular flexibility index (Phi) is 9.75. The van der Waals surface area contributed by atoms with E-state index in [1.54, 1.807) is 0 Å². The molecule has 1 nitrogen and oxygen atoms in total. The zero-order valence-electron chi connectivity index (χ0n) is 12.3. The molecule has 0 fully saturated rings. The van der Waals surface area contributed by atoms with E-state index in [0.29, 0.717) is 5.92 Å². The summed E-state index contributed by atoms with van der Waals surface area (Å²) < 4.78 is 5.78. The molecule has 0 N–H and O–H groups in total. The van der Waals surface area contributed by atoms with Gasteiger partial charge < -0.3 is 4.74 Å². The summed E-state index contributed by atoms with van der Waals surface area (Å²) >= 11 is 0. The van der Waals surface area contributed by atoms with Crippen molar-refractivity contribution in [3.8, 4) is 5.75 Å². The molecule has 0 amide bonds. The van der Waals surface area contributed by atoms with Crippen molar-refractivity contribution >= 4 is 0 Å². The quantitative estimate of drug-likeness (QED) is 0.660. The van der Waals surface area contributed by atoms with Crippen LogP contribution in [0.15, 0.2) is 54.3 Å². The van der Waals surface area contributed by atoms with E-state index in [1.165, 1.54) is 0 Å². The fourth-order valence-corrected chi connectivity index (χ4v) is 1.49. The first-order valence-electron chi connectivity index (χ1n) is 6.96. The summed E-state index contributed by atoms with van der Waals surface area (Å²) in [6.07, 6.45) is 7.33. The topological polar surface area (TPSA) is 9.23 Å². The summed E-state index contributed by atoms with van der Waals surface area (Å²) in [4.78, 5) is 0. The van der Waals surface area contributed by atoms with E-state index in [4.69, 9.17) is 4.74 Å². The maximum Gasteiger partial charge on any atom is 0.126 e. The molecule has 1 aromatic rings. The lowest BCUT2D eigenvalue weighted by Gasteiger charge is -2.17. The number of para-hydroxylation sites is 1. The Morgan fingerprint density at radius 2 is 1.61 bits per heavy atom. The van der Waals surface area contributed by atoms with E-state index >= 15 is 0 Å². The summed E-state index contributed by atoms with van der Waals surface area (Å²) in [5.74, 6) is 2.46. The summed E-state index contributed by atoms with van der Waals surface area (Å²) in [5.41, 5.74) is 0. The zero-order valence-corrected chi connectivity index (χ0v) is 12.3. The Balaban J connectivity index is 0.000000659. The molecule has 0 aliphatic heterocycles. The van der Waals surface area contributed by atoms with Crippen molar-refractivity contribution in [2.45, 2.75) is 41.0 Å². The van der Waals surface area contributed by atoms with Gasteiger partial charge in [-0.15, -0.1) is 0 Å². The number of allylic oxidation sites excluding steroid dienone is 4. The van der Waals surface area contributed by atoms with Gasteiger partial charge in [0.2, 0.25) is 0 Å². The summed E-state index contributed by atoms with van der Waals surface area (Å²) in [7, 11) is 0. The minimum atomic E-state index is 0.486. The van der Waals surface area contributed by atoms with Crippen LogP contribution in [0, 0.1) is 5.92 Å². The number of benzene rings is 1. The van der Waals surface area contributed by atoms with Gasteiger partial charge in [0, 0.05) is 5.92 Å². The van der Waals surface area contributed by atoms with Crippen molar-refractivity contribution in [1.29, 1.82) is 0 Å². The van der Waals surface area contributed by atoms with Crippen molar-refractivity contribution in [2.24, 2.45) is 5.92 Å². The van der Waals surface area contributed by atoms with E-state index < -0.39 is 0 Å². The third-order valence-corrected chi connectivity index (χ3v) is 2.35. The molecule has 2 rings (SSSR count). The first kappa shape index (κ1) is 16.5. The second-order valence-corrected chi connectivity index (χ2v) is 3.55. The maximum atomic E-state index is 5.78. The Labute approximate surface area is 112 Å². The van der Waals surface area contributed by atoms with Crippen LogP contribution in [-0.2, 0) is 0 Å². The minimum absolute atomic E-state index is 0.486. The number of ether oxygens (including phenoxy) is 1. The van der Waals surface area contributed by atoms with Gasteiger partial charge in [-0.2, -0.15) is 0 Å². The fraction of sp³-hybridized carbons (Fsp3) is 0.412. The summed E-state index contributed by atoms with van der Waals surface area (Å²) in [5, 5.41) is 0. The van der Waals surface area contributed by atoms with Gasteiger partial charge in [0.15, 0.2) is 0 Å². The normalized spacial score (nSPS) is 16.5. The number of hydrogen-bond acceptors (Lipinski definition) is 1. The molecule has 18 heavy (non-hydrogen) atoms. The number of rotatable bonds is 2. The first-order chi connectivity index (χ1) is 8.86. The average molecular weight is 246 g/mol. The van der Waals surface area contributed by atoms with Crippen LogP contribution < -0.4 is 4.74 Å².